The van der Waals surface area contributed by atoms with Crippen LogP contribution in [0, 0.1) is 0 Å². The van der Waals surface area contributed by atoms with Crippen molar-refractivity contribution in [3.05, 3.63) is 35.9 Å². The predicted molar refractivity (Wildman–Crippen MR) is 92.7 cm³/mol. The molecule has 2 heterocycles. The van der Waals surface area contributed by atoms with Gasteiger partial charge in [-0.05, 0) is 25.3 Å². The fourth-order valence-electron chi connectivity index (χ4n) is 3.52. The first kappa shape index (κ1) is 17.4. The van der Waals surface area contributed by atoms with Gasteiger partial charge in [0.25, 0.3) is 5.91 Å². The second-order valence-electron chi connectivity index (χ2n) is 6.56. The van der Waals surface area contributed by atoms with Gasteiger partial charge < -0.3 is 14.4 Å². The number of hydrogen-bond donors (Lipinski definition) is 0. The topological polar surface area (TPSA) is 42.0 Å². The van der Waals surface area contributed by atoms with Gasteiger partial charge in [0, 0.05) is 39.3 Å². The maximum absolute atomic E-state index is 12.7. The Hall–Kier alpha value is -1.43. The van der Waals surface area contributed by atoms with Crippen LogP contribution in [-0.4, -0.2) is 67.3 Å². The van der Waals surface area contributed by atoms with Crippen LogP contribution in [0.5, 0.6) is 0 Å². The highest BCUT2D eigenvalue weighted by Gasteiger charge is 2.32. The second kappa shape index (κ2) is 8.60. The standard InChI is InChI=1S/C19H28N2O3/c1-2-23-17-8-10-21(11-9-17)19(22)18-15-20(12-13-24-18)14-16-6-4-3-5-7-16/h3-7,17-18H,2,8-15H2,1H3/t18-/m1/s1. The monoisotopic (exact) mass is 332 g/mol. The molecule has 5 nitrogen and oxygen atoms in total. The number of carbonyl (C=O) groups excluding carboxylic acids is 1. The number of rotatable bonds is 5. The van der Waals surface area contributed by atoms with Crippen molar-refractivity contribution >= 4 is 5.91 Å². The zero-order chi connectivity index (χ0) is 16.8. The first-order valence-electron chi connectivity index (χ1n) is 9.04. The number of carbonyl (C=O) groups is 1. The van der Waals surface area contributed by atoms with Crippen LogP contribution < -0.4 is 0 Å². The van der Waals surface area contributed by atoms with E-state index in [2.05, 4.69) is 29.2 Å². The molecule has 1 atom stereocenters. The van der Waals surface area contributed by atoms with E-state index in [4.69, 9.17) is 9.47 Å². The van der Waals surface area contributed by atoms with Gasteiger partial charge in [-0.25, -0.2) is 0 Å². The molecule has 24 heavy (non-hydrogen) atoms. The molecular formula is C19H28N2O3. The number of morpholine rings is 1. The number of likely N-dealkylation sites (tertiary alicyclic amines) is 1. The predicted octanol–water partition coefficient (Wildman–Crippen LogP) is 1.91. The third-order valence-electron chi connectivity index (χ3n) is 4.83. The maximum Gasteiger partial charge on any atom is 0.253 e. The Kier molecular flexibility index (Phi) is 6.24. The molecule has 132 valence electrons. The van der Waals surface area contributed by atoms with Crippen LogP contribution in [0.25, 0.3) is 0 Å². The van der Waals surface area contributed by atoms with E-state index in [0.29, 0.717) is 19.3 Å². The molecular weight excluding hydrogens is 304 g/mol. The molecule has 5 heteroatoms. The average molecular weight is 332 g/mol. The smallest absolute Gasteiger partial charge is 0.253 e. The SMILES string of the molecule is CCOC1CCN(C(=O)[C@H]2CN(Cc3ccccc3)CCO2)CC1. The Morgan fingerprint density at radius 1 is 1.21 bits per heavy atom. The molecule has 2 saturated heterocycles. The molecule has 0 bridgehead atoms. The number of amides is 1. The molecule has 1 amide bonds. The van der Waals surface area contributed by atoms with Crippen molar-refractivity contribution in [2.45, 2.75) is 38.5 Å². The minimum absolute atomic E-state index is 0.141. The Bertz CT molecular complexity index is 515. The van der Waals surface area contributed by atoms with Gasteiger partial charge in [-0.2, -0.15) is 0 Å². The zero-order valence-corrected chi connectivity index (χ0v) is 14.5. The third-order valence-corrected chi connectivity index (χ3v) is 4.83. The average Bonchev–Trinajstić information content (AvgIpc) is 2.63. The summed E-state index contributed by atoms with van der Waals surface area (Å²) in [5.41, 5.74) is 1.28. The number of benzene rings is 1. The highest BCUT2D eigenvalue weighted by Crippen LogP contribution is 2.17. The molecule has 0 aromatic heterocycles. The van der Waals surface area contributed by atoms with Gasteiger partial charge in [-0.15, -0.1) is 0 Å². The first-order chi connectivity index (χ1) is 11.8. The summed E-state index contributed by atoms with van der Waals surface area (Å²) < 4.78 is 11.4. The summed E-state index contributed by atoms with van der Waals surface area (Å²) in [6.07, 6.45) is 1.84. The Labute approximate surface area is 144 Å². The van der Waals surface area contributed by atoms with Crippen molar-refractivity contribution in [2.75, 3.05) is 39.4 Å². The van der Waals surface area contributed by atoms with Gasteiger partial charge in [0.15, 0.2) is 0 Å². The van der Waals surface area contributed by atoms with Gasteiger partial charge >= 0.3 is 0 Å². The quantitative estimate of drug-likeness (QED) is 0.826. The summed E-state index contributed by atoms with van der Waals surface area (Å²) in [4.78, 5) is 17.0. The van der Waals surface area contributed by atoms with Crippen molar-refractivity contribution in [2.24, 2.45) is 0 Å². The molecule has 2 fully saturated rings. The Balaban J connectivity index is 1.50. The Morgan fingerprint density at radius 2 is 1.96 bits per heavy atom. The van der Waals surface area contributed by atoms with Gasteiger partial charge in [0.2, 0.25) is 0 Å². The first-order valence-corrected chi connectivity index (χ1v) is 9.04. The van der Waals surface area contributed by atoms with E-state index in [1.54, 1.807) is 0 Å². The van der Waals surface area contributed by atoms with Crippen LogP contribution in [0.3, 0.4) is 0 Å². The van der Waals surface area contributed by atoms with E-state index in [0.717, 1.165) is 45.6 Å². The summed E-state index contributed by atoms with van der Waals surface area (Å²) in [5, 5.41) is 0. The lowest BCUT2D eigenvalue weighted by atomic mass is 10.1. The van der Waals surface area contributed by atoms with Crippen molar-refractivity contribution in [1.82, 2.24) is 9.80 Å². The minimum atomic E-state index is -0.328. The van der Waals surface area contributed by atoms with Crippen molar-refractivity contribution in [3.63, 3.8) is 0 Å². The van der Waals surface area contributed by atoms with E-state index >= 15 is 0 Å². The van der Waals surface area contributed by atoms with E-state index in [1.165, 1.54) is 5.56 Å². The summed E-state index contributed by atoms with van der Waals surface area (Å²) in [6, 6.07) is 10.4. The fraction of sp³-hybridized carbons (Fsp3) is 0.632. The summed E-state index contributed by atoms with van der Waals surface area (Å²) in [5.74, 6) is 0.141. The lowest BCUT2D eigenvalue weighted by Gasteiger charge is -2.37. The Morgan fingerprint density at radius 3 is 2.67 bits per heavy atom. The van der Waals surface area contributed by atoms with Gasteiger partial charge in [0.1, 0.15) is 6.10 Å². The second-order valence-corrected chi connectivity index (χ2v) is 6.56. The van der Waals surface area contributed by atoms with E-state index in [1.807, 2.05) is 17.9 Å². The van der Waals surface area contributed by atoms with E-state index in [-0.39, 0.29) is 12.0 Å². The summed E-state index contributed by atoms with van der Waals surface area (Å²) in [7, 11) is 0. The highest BCUT2D eigenvalue weighted by atomic mass is 16.5. The number of ether oxygens (including phenoxy) is 2. The number of hydrogen-bond acceptors (Lipinski definition) is 4. The molecule has 1 aromatic carbocycles. The lowest BCUT2D eigenvalue weighted by molar-refractivity contribution is -0.152. The largest absolute Gasteiger partial charge is 0.378 e. The van der Waals surface area contributed by atoms with Gasteiger partial charge in [0.05, 0.1) is 12.7 Å². The highest BCUT2D eigenvalue weighted by molar-refractivity contribution is 5.81. The van der Waals surface area contributed by atoms with Gasteiger partial charge in [-0.1, -0.05) is 30.3 Å². The molecule has 2 aliphatic heterocycles. The van der Waals surface area contributed by atoms with E-state index in [9.17, 15) is 4.79 Å². The molecule has 0 radical (unpaired) electrons. The third kappa shape index (κ3) is 4.56. The minimum Gasteiger partial charge on any atom is -0.378 e. The van der Waals surface area contributed by atoms with E-state index < -0.39 is 0 Å². The van der Waals surface area contributed by atoms with Crippen molar-refractivity contribution in [3.8, 4) is 0 Å². The molecule has 0 aliphatic carbocycles. The molecule has 3 rings (SSSR count). The summed E-state index contributed by atoms with van der Waals surface area (Å²) in [6.45, 7) is 7.39. The normalized spacial score (nSPS) is 23.4. The molecule has 1 aromatic rings. The fourth-order valence-corrected chi connectivity index (χ4v) is 3.52. The van der Waals surface area contributed by atoms with Crippen LogP contribution in [0.2, 0.25) is 0 Å². The number of nitrogens with zero attached hydrogens (tertiary/aromatic N) is 2. The molecule has 0 saturated carbocycles. The molecule has 2 aliphatic rings. The molecule has 0 N–H and O–H groups in total. The molecule has 0 spiro atoms. The zero-order valence-electron chi connectivity index (χ0n) is 14.5. The number of piperidine rings is 1. The van der Waals surface area contributed by atoms with Crippen LogP contribution in [-0.2, 0) is 20.8 Å². The lowest BCUT2D eigenvalue weighted by Crippen LogP contribution is -2.52. The molecule has 0 unspecified atom stereocenters. The maximum atomic E-state index is 12.7. The van der Waals surface area contributed by atoms with Crippen molar-refractivity contribution < 1.29 is 14.3 Å². The van der Waals surface area contributed by atoms with Crippen LogP contribution in [0.4, 0.5) is 0 Å². The summed E-state index contributed by atoms with van der Waals surface area (Å²) >= 11 is 0. The van der Waals surface area contributed by atoms with Crippen LogP contribution >= 0.6 is 0 Å². The van der Waals surface area contributed by atoms with Crippen molar-refractivity contribution in [1.29, 1.82) is 0 Å². The van der Waals surface area contributed by atoms with Crippen LogP contribution in [0.1, 0.15) is 25.3 Å². The van der Waals surface area contributed by atoms with Crippen LogP contribution in [0.15, 0.2) is 30.3 Å². The van der Waals surface area contributed by atoms with Gasteiger partial charge in [-0.3, -0.25) is 9.69 Å².